The van der Waals surface area contributed by atoms with E-state index < -0.39 is 12.0 Å². The number of rotatable bonds is 6. The Hall–Kier alpha value is -2.20. The number of hydrogen-bond donors (Lipinski definition) is 2. The summed E-state index contributed by atoms with van der Waals surface area (Å²) in [6.07, 6.45) is 3.57. The molecule has 1 aromatic heterocycles. The summed E-state index contributed by atoms with van der Waals surface area (Å²) >= 11 is 0. The number of nitrogens with one attached hydrogen (secondary N) is 1. The summed E-state index contributed by atoms with van der Waals surface area (Å²) in [5.41, 5.74) is 3.19. The molecule has 0 spiro atoms. The average Bonchev–Trinajstić information content (AvgIpc) is 2.48. The molecule has 0 unspecified atom stereocenters. The number of benzene rings is 1. The molecule has 2 N–H and O–H groups in total. The molecule has 0 saturated carbocycles. The number of carbonyl (C=O) groups is 1. The molecule has 0 amide bonds. The Bertz CT molecular complexity index is 597. The summed E-state index contributed by atoms with van der Waals surface area (Å²) in [4.78, 5) is 15.3. The van der Waals surface area contributed by atoms with Crippen LogP contribution in [0, 0.1) is 5.92 Å². The molecule has 0 radical (unpaired) electrons. The van der Waals surface area contributed by atoms with Crippen molar-refractivity contribution in [2.24, 2.45) is 5.92 Å². The van der Waals surface area contributed by atoms with Gasteiger partial charge in [-0.1, -0.05) is 38.1 Å². The topological polar surface area (TPSA) is 62.2 Å². The Labute approximate surface area is 124 Å². The fourth-order valence-electron chi connectivity index (χ4n) is 2.23. The molecule has 0 bridgehead atoms. The highest BCUT2D eigenvalue weighted by atomic mass is 16.4. The Kier molecular flexibility index (Phi) is 5.06. The molecule has 110 valence electrons. The minimum Gasteiger partial charge on any atom is -0.480 e. The van der Waals surface area contributed by atoms with E-state index in [4.69, 9.17) is 0 Å². The van der Waals surface area contributed by atoms with E-state index in [2.05, 4.69) is 16.4 Å². The lowest BCUT2D eigenvalue weighted by Crippen LogP contribution is -2.40. The first-order valence-corrected chi connectivity index (χ1v) is 7.03. The summed E-state index contributed by atoms with van der Waals surface area (Å²) in [6.45, 7) is 4.33. The second-order valence-corrected chi connectivity index (χ2v) is 5.38. The summed E-state index contributed by atoms with van der Waals surface area (Å²) in [7, 11) is 0. The number of nitrogens with zero attached hydrogens (tertiary/aromatic N) is 1. The lowest BCUT2D eigenvalue weighted by atomic mass is 10.0. The zero-order valence-corrected chi connectivity index (χ0v) is 12.3. The van der Waals surface area contributed by atoms with Crippen molar-refractivity contribution in [3.8, 4) is 11.1 Å². The van der Waals surface area contributed by atoms with Gasteiger partial charge in [0.15, 0.2) is 0 Å². The van der Waals surface area contributed by atoms with Crippen LogP contribution in [0.15, 0.2) is 48.8 Å². The number of hydrogen-bond acceptors (Lipinski definition) is 3. The number of aromatic nitrogens is 1. The van der Waals surface area contributed by atoms with Gasteiger partial charge < -0.3 is 10.4 Å². The predicted molar refractivity (Wildman–Crippen MR) is 82.8 cm³/mol. The van der Waals surface area contributed by atoms with Crippen LogP contribution in [0.2, 0.25) is 0 Å². The molecule has 0 fully saturated rings. The first-order valence-electron chi connectivity index (χ1n) is 7.03. The highest BCUT2D eigenvalue weighted by molar-refractivity contribution is 5.73. The van der Waals surface area contributed by atoms with Crippen LogP contribution >= 0.6 is 0 Å². The van der Waals surface area contributed by atoms with Gasteiger partial charge in [-0.3, -0.25) is 9.78 Å². The van der Waals surface area contributed by atoms with Gasteiger partial charge in [0.05, 0.1) is 0 Å². The van der Waals surface area contributed by atoms with E-state index in [1.807, 2.05) is 50.4 Å². The minimum atomic E-state index is -0.812. The molecule has 0 aliphatic carbocycles. The third kappa shape index (κ3) is 4.13. The predicted octanol–water partition coefficient (Wildman–Crippen LogP) is 2.95. The lowest BCUT2D eigenvalue weighted by molar-refractivity contribution is -0.140. The van der Waals surface area contributed by atoms with Crippen LogP contribution in [0.25, 0.3) is 11.1 Å². The van der Waals surface area contributed by atoms with Crippen molar-refractivity contribution in [3.05, 3.63) is 54.4 Å². The summed E-state index contributed by atoms with van der Waals surface area (Å²) in [5.74, 6) is -0.766. The molecule has 2 rings (SSSR count). The molecule has 1 heterocycles. The van der Waals surface area contributed by atoms with Gasteiger partial charge in [-0.15, -0.1) is 0 Å². The van der Waals surface area contributed by atoms with Gasteiger partial charge >= 0.3 is 5.97 Å². The molecule has 0 aliphatic rings. The molecule has 2 aromatic rings. The van der Waals surface area contributed by atoms with Crippen molar-refractivity contribution in [1.29, 1.82) is 0 Å². The second kappa shape index (κ2) is 6.99. The summed E-state index contributed by atoms with van der Waals surface area (Å²) in [6, 6.07) is 11.4. The van der Waals surface area contributed by atoms with Crippen molar-refractivity contribution in [3.63, 3.8) is 0 Å². The summed E-state index contributed by atoms with van der Waals surface area (Å²) < 4.78 is 0. The first kappa shape index (κ1) is 15.2. The van der Waals surface area contributed by atoms with Gasteiger partial charge in [0.2, 0.25) is 0 Å². The van der Waals surface area contributed by atoms with Crippen molar-refractivity contribution in [2.45, 2.75) is 26.4 Å². The molecule has 4 nitrogen and oxygen atoms in total. The first-order chi connectivity index (χ1) is 10.1. The molecule has 1 atom stereocenters. The second-order valence-electron chi connectivity index (χ2n) is 5.38. The third-order valence-corrected chi connectivity index (χ3v) is 3.38. The fraction of sp³-hybridized carbons (Fsp3) is 0.294. The lowest BCUT2D eigenvalue weighted by Gasteiger charge is -2.18. The normalized spacial score (nSPS) is 12.3. The minimum absolute atomic E-state index is 0.0454. The van der Waals surface area contributed by atoms with E-state index in [1.165, 1.54) is 0 Å². The van der Waals surface area contributed by atoms with Gasteiger partial charge in [0.25, 0.3) is 0 Å². The van der Waals surface area contributed by atoms with Crippen LogP contribution in [0.5, 0.6) is 0 Å². The number of pyridine rings is 1. The summed E-state index contributed by atoms with van der Waals surface area (Å²) in [5, 5.41) is 12.3. The third-order valence-electron chi connectivity index (χ3n) is 3.38. The monoisotopic (exact) mass is 284 g/mol. The largest absolute Gasteiger partial charge is 0.480 e. The number of carboxylic acids is 1. The van der Waals surface area contributed by atoms with Crippen molar-refractivity contribution >= 4 is 5.97 Å². The average molecular weight is 284 g/mol. The molecular formula is C17H20N2O2. The highest BCUT2D eigenvalue weighted by Crippen LogP contribution is 2.19. The van der Waals surface area contributed by atoms with E-state index >= 15 is 0 Å². The maximum atomic E-state index is 11.2. The number of aliphatic carboxylic acids is 1. The van der Waals surface area contributed by atoms with Gasteiger partial charge in [-0.2, -0.15) is 0 Å². The van der Waals surface area contributed by atoms with Crippen LogP contribution in [0.1, 0.15) is 19.4 Å². The zero-order valence-electron chi connectivity index (χ0n) is 12.3. The van der Waals surface area contributed by atoms with Crippen LogP contribution in [0.3, 0.4) is 0 Å². The Morgan fingerprint density at radius 2 is 2.00 bits per heavy atom. The van der Waals surface area contributed by atoms with E-state index in [0.29, 0.717) is 6.54 Å². The van der Waals surface area contributed by atoms with Gasteiger partial charge in [-0.05, 0) is 34.7 Å². The number of carboxylic acid groups (broad SMARTS) is 1. The molecule has 1 aromatic carbocycles. The molecule has 0 aliphatic heterocycles. The van der Waals surface area contributed by atoms with E-state index in [9.17, 15) is 9.90 Å². The van der Waals surface area contributed by atoms with Gasteiger partial charge in [0, 0.05) is 18.9 Å². The maximum Gasteiger partial charge on any atom is 0.320 e. The standard InChI is InChI=1S/C17H20N2O2/c1-12(2)16(17(20)21)19-10-13-5-3-6-14(9-13)15-7-4-8-18-11-15/h3-9,11-12,16,19H,10H2,1-2H3,(H,20,21)/t16-/m0/s1. The van der Waals surface area contributed by atoms with Gasteiger partial charge in [-0.25, -0.2) is 0 Å². The van der Waals surface area contributed by atoms with E-state index in [-0.39, 0.29) is 5.92 Å². The van der Waals surface area contributed by atoms with E-state index in [1.54, 1.807) is 6.20 Å². The Balaban J connectivity index is 2.10. The van der Waals surface area contributed by atoms with Crippen LogP contribution in [-0.4, -0.2) is 22.1 Å². The molecular weight excluding hydrogens is 264 g/mol. The Morgan fingerprint density at radius 3 is 2.62 bits per heavy atom. The van der Waals surface area contributed by atoms with Crippen LogP contribution in [0.4, 0.5) is 0 Å². The quantitative estimate of drug-likeness (QED) is 0.856. The highest BCUT2D eigenvalue weighted by Gasteiger charge is 2.20. The fourth-order valence-corrected chi connectivity index (χ4v) is 2.23. The van der Waals surface area contributed by atoms with E-state index in [0.717, 1.165) is 16.7 Å². The molecule has 0 saturated heterocycles. The van der Waals surface area contributed by atoms with Crippen molar-refractivity contribution < 1.29 is 9.90 Å². The maximum absolute atomic E-state index is 11.2. The Morgan fingerprint density at radius 1 is 1.24 bits per heavy atom. The van der Waals surface area contributed by atoms with Crippen molar-refractivity contribution in [1.82, 2.24) is 10.3 Å². The molecule has 21 heavy (non-hydrogen) atoms. The SMILES string of the molecule is CC(C)[C@H](NCc1cccc(-c2cccnc2)c1)C(=O)O. The van der Waals surface area contributed by atoms with Crippen molar-refractivity contribution in [2.75, 3.05) is 0 Å². The van der Waals surface area contributed by atoms with Crippen LogP contribution in [-0.2, 0) is 11.3 Å². The van der Waals surface area contributed by atoms with Gasteiger partial charge in [0.1, 0.15) is 6.04 Å². The molecule has 4 heteroatoms. The van der Waals surface area contributed by atoms with Crippen LogP contribution < -0.4 is 5.32 Å². The zero-order chi connectivity index (χ0) is 15.2. The smallest absolute Gasteiger partial charge is 0.320 e.